The van der Waals surface area contributed by atoms with Gasteiger partial charge >= 0.3 is 0 Å². The molecule has 136 valence electrons. The number of amides is 1. The highest BCUT2D eigenvalue weighted by atomic mass is 35.5. The van der Waals surface area contributed by atoms with Gasteiger partial charge in [-0.2, -0.15) is 0 Å². The van der Waals surface area contributed by atoms with Crippen LogP contribution < -0.4 is 5.32 Å². The number of carbonyl (C=O) groups excluding carboxylic acids is 1. The lowest BCUT2D eigenvalue weighted by Gasteiger charge is -2.30. The second-order valence-electron chi connectivity index (χ2n) is 6.42. The molecule has 6 heteroatoms. The van der Waals surface area contributed by atoms with Crippen molar-refractivity contribution in [3.05, 3.63) is 35.9 Å². The molecule has 0 saturated carbocycles. The lowest BCUT2D eigenvalue weighted by atomic mass is 9.84. The van der Waals surface area contributed by atoms with Crippen LogP contribution >= 0.6 is 12.4 Å². The minimum Gasteiger partial charge on any atom is -0.333 e. The number of hydrogen-bond acceptors (Lipinski definition) is 2. The van der Waals surface area contributed by atoms with E-state index < -0.39 is 13.0 Å². The van der Waals surface area contributed by atoms with E-state index in [1.165, 1.54) is 4.90 Å². The Labute approximate surface area is 149 Å². The first-order valence-electron chi connectivity index (χ1n) is 8.37. The van der Waals surface area contributed by atoms with Crippen molar-refractivity contribution in [2.45, 2.75) is 39.2 Å². The van der Waals surface area contributed by atoms with Gasteiger partial charge in [-0.1, -0.05) is 37.3 Å². The molecule has 0 bridgehead atoms. The molecular formula is C18H27ClF2N2O. The molecule has 1 amide bonds. The maximum atomic E-state index is 12.8. The normalized spacial score (nSPS) is 16.5. The predicted molar refractivity (Wildman–Crippen MR) is 94.5 cm³/mol. The summed E-state index contributed by atoms with van der Waals surface area (Å²) in [5, 5.41) is 3.31. The van der Waals surface area contributed by atoms with E-state index in [0.717, 1.165) is 31.5 Å². The van der Waals surface area contributed by atoms with Gasteiger partial charge in [0, 0.05) is 13.0 Å². The number of nitrogens with one attached hydrogen (secondary N) is 1. The second-order valence-corrected chi connectivity index (χ2v) is 6.42. The molecule has 0 radical (unpaired) electrons. The highest BCUT2D eigenvalue weighted by Crippen LogP contribution is 2.25. The smallest absolute Gasteiger partial charge is 0.255 e. The van der Waals surface area contributed by atoms with E-state index in [1.807, 2.05) is 30.3 Å². The SMILES string of the molecule is CC(CC(=O)N(Cc1ccccc1)CC(F)F)C1CCNCC1.Cl. The molecule has 1 aliphatic heterocycles. The Morgan fingerprint density at radius 2 is 1.88 bits per heavy atom. The van der Waals surface area contributed by atoms with Crippen molar-refractivity contribution >= 4 is 18.3 Å². The lowest BCUT2D eigenvalue weighted by molar-refractivity contribution is -0.135. The van der Waals surface area contributed by atoms with Crippen LogP contribution in [0.3, 0.4) is 0 Å². The minimum absolute atomic E-state index is 0. The first kappa shape index (κ1) is 20.8. The summed E-state index contributed by atoms with van der Waals surface area (Å²) >= 11 is 0. The molecule has 1 fully saturated rings. The fourth-order valence-electron chi connectivity index (χ4n) is 3.21. The van der Waals surface area contributed by atoms with Crippen LogP contribution in [0.5, 0.6) is 0 Å². The van der Waals surface area contributed by atoms with E-state index in [-0.39, 0.29) is 30.8 Å². The topological polar surface area (TPSA) is 32.3 Å². The summed E-state index contributed by atoms with van der Waals surface area (Å²) < 4.78 is 25.7. The minimum atomic E-state index is -2.50. The molecule has 2 rings (SSSR count). The van der Waals surface area contributed by atoms with Crippen molar-refractivity contribution < 1.29 is 13.6 Å². The average Bonchev–Trinajstić information content (AvgIpc) is 2.55. The standard InChI is InChI=1S/C18H26F2N2O.ClH/c1-14(16-7-9-21-10-8-16)11-18(23)22(13-17(19)20)12-15-5-3-2-4-6-15;/h2-6,14,16-17,21H,7-13H2,1H3;1H. The quantitative estimate of drug-likeness (QED) is 0.803. The van der Waals surface area contributed by atoms with Crippen molar-refractivity contribution in [1.82, 2.24) is 10.2 Å². The third-order valence-electron chi connectivity index (χ3n) is 4.61. The number of carbonyl (C=O) groups is 1. The van der Waals surface area contributed by atoms with Crippen LogP contribution in [0.25, 0.3) is 0 Å². The number of benzene rings is 1. The summed E-state index contributed by atoms with van der Waals surface area (Å²) in [6.45, 7) is 3.79. The molecule has 1 aromatic carbocycles. The molecule has 1 aromatic rings. The molecule has 24 heavy (non-hydrogen) atoms. The van der Waals surface area contributed by atoms with E-state index in [4.69, 9.17) is 0 Å². The van der Waals surface area contributed by atoms with E-state index >= 15 is 0 Å². The van der Waals surface area contributed by atoms with Crippen LogP contribution in [0.15, 0.2) is 30.3 Å². The molecule has 1 heterocycles. The zero-order valence-electron chi connectivity index (χ0n) is 14.1. The van der Waals surface area contributed by atoms with Gasteiger partial charge in [0.05, 0.1) is 6.54 Å². The monoisotopic (exact) mass is 360 g/mol. The molecule has 1 aliphatic rings. The largest absolute Gasteiger partial charge is 0.333 e. The zero-order valence-corrected chi connectivity index (χ0v) is 14.9. The van der Waals surface area contributed by atoms with Gasteiger partial charge in [-0.15, -0.1) is 12.4 Å². The molecule has 0 spiro atoms. The number of rotatable bonds is 7. The average molecular weight is 361 g/mol. The highest BCUT2D eigenvalue weighted by Gasteiger charge is 2.25. The summed E-state index contributed by atoms with van der Waals surface area (Å²) in [6.07, 6.45) is -0.0365. The van der Waals surface area contributed by atoms with Gasteiger partial charge < -0.3 is 10.2 Å². The van der Waals surface area contributed by atoms with E-state index in [9.17, 15) is 13.6 Å². The molecule has 1 N–H and O–H groups in total. The van der Waals surface area contributed by atoms with Crippen LogP contribution in [-0.4, -0.2) is 36.9 Å². The summed E-state index contributed by atoms with van der Waals surface area (Å²) in [5.41, 5.74) is 0.885. The molecular weight excluding hydrogens is 334 g/mol. The molecule has 1 saturated heterocycles. The van der Waals surface area contributed by atoms with Crippen molar-refractivity contribution in [3.63, 3.8) is 0 Å². The van der Waals surface area contributed by atoms with Gasteiger partial charge in [-0.05, 0) is 43.3 Å². The van der Waals surface area contributed by atoms with Crippen LogP contribution in [0.2, 0.25) is 0 Å². The maximum absolute atomic E-state index is 12.8. The number of halogens is 3. The zero-order chi connectivity index (χ0) is 16.7. The third-order valence-corrected chi connectivity index (χ3v) is 4.61. The fourth-order valence-corrected chi connectivity index (χ4v) is 3.21. The van der Waals surface area contributed by atoms with Crippen LogP contribution in [0, 0.1) is 11.8 Å². The van der Waals surface area contributed by atoms with Crippen molar-refractivity contribution in [1.29, 1.82) is 0 Å². The Morgan fingerprint density at radius 3 is 2.46 bits per heavy atom. The lowest BCUT2D eigenvalue weighted by Crippen LogP contribution is -2.37. The first-order valence-corrected chi connectivity index (χ1v) is 8.37. The predicted octanol–water partition coefficient (Wildman–Crippen LogP) is 3.73. The summed E-state index contributed by atoms with van der Waals surface area (Å²) in [6, 6.07) is 9.32. The Hall–Kier alpha value is -1.20. The number of nitrogens with zero attached hydrogens (tertiary/aromatic N) is 1. The van der Waals surface area contributed by atoms with Crippen molar-refractivity contribution in [2.75, 3.05) is 19.6 Å². The van der Waals surface area contributed by atoms with Crippen molar-refractivity contribution in [2.24, 2.45) is 11.8 Å². The number of piperidine rings is 1. The molecule has 3 nitrogen and oxygen atoms in total. The highest BCUT2D eigenvalue weighted by molar-refractivity contribution is 5.85. The van der Waals surface area contributed by atoms with Gasteiger partial charge in [0.25, 0.3) is 6.43 Å². The Morgan fingerprint density at radius 1 is 1.25 bits per heavy atom. The van der Waals surface area contributed by atoms with Gasteiger partial charge in [0.2, 0.25) is 5.91 Å². The summed E-state index contributed by atoms with van der Waals surface area (Å²) in [7, 11) is 0. The Balaban J connectivity index is 0.00000288. The summed E-state index contributed by atoms with van der Waals surface area (Å²) in [5.74, 6) is 0.575. The molecule has 0 aromatic heterocycles. The van der Waals surface area contributed by atoms with Gasteiger partial charge in [-0.25, -0.2) is 8.78 Å². The van der Waals surface area contributed by atoms with Gasteiger partial charge in [0.15, 0.2) is 0 Å². The molecule has 0 aliphatic carbocycles. The second kappa shape index (κ2) is 10.6. The van der Waals surface area contributed by atoms with Crippen LogP contribution in [0.4, 0.5) is 8.78 Å². The molecule has 1 unspecified atom stereocenters. The fraction of sp³-hybridized carbons (Fsp3) is 0.611. The van der Waals surface area contributed by atoms with Crippen molar-refractivity contribution in [3.8, 4) is 0 Å². The number of hydrogen-bond donors (Lipinski definition) is 1. The Kier molecular flexibility index (Phi) is 9.22. The maximum Gasteiger partial charge on any atom is 0.255 e. The first-order chi connectivity index (χ1) is 11.1. The summed E-state index contributed by atoms with van der Waals surface area (Å²) in [4.78, 5) is 13.8. The van der Waals surface area contributed by atoms with E-state index in [0.29, 0.717) is 12.3 Å². The van der Waals surface area contributed by atoms with E-state index in [2.05, 4.69) is 12.2 Å². The van der Waals surface area contributed by atoms with Gasteiger partial charge in [0.1, 0.15) is 0 Å². The van der Waals surface area contributed by atoms with E-state index in [1.54, 1.807) is 0 Å². The number of alkyl halides is 2. The van der Waals surface area contributed by atoms with Crippen LogP contribution in [0.1, 0.15) is 31.7 Å². The molecule has 1 atom stereocenters. The Bertz CT molecular complexity index is 481. The van der Waals surface area contributed by atoms with Crippen LogP contribution in [-0.2, 0) is 11.3 Å². The third kappa shape index (κ3) is 6.73. The van der Waals surface area contributed by atoms with Gasteiger partial charge in [-0.3, -0.25) is 4.79 Å².